The molecule has 0 radical (unpaired) electrons. The van der Waals surface area contributed by atoms with Gasteiger partial charge in [0.15, 0.2) is 5.96 Å². The van der Waals surface area contributed by atoms with Crippen LogP contribution < -0.4 is 16.0 Å². The van der Waals surface area contributed by atoms with Crippen molar-refractivity contribution in [2.24, 2.45) is 4.99 Å². The van der Waals surface area contributed by atoms with Crippen molar-refractivity contribution in [2.45, 2.75) is 26.2 Å². The minimum absolute atomic E-state index is 0. The number of carbonyl (C=O) groups excluding carboxylic acids is 2. The summed E-state index contributed by atoms with van der Waals surface area (Å²) in [5.74, 6) is 0.635. The lowest BCUT2D eigenvalue weighted by Crippen LogP contribution is -2.39. The lowest BCUT2D eigenvalue weighted by molar-refractivity contribution is -0.128. The highest BCUT2D eigenvalue weighted by molar-refractivity contribution is 14.0. The first kappa shape index (κ1) is 23.2. The molecule has 0 unspecified atom stereocenters. The monoisotopic (exact) mass is 487 g/mol. The van der Waals surface area contributed by atoms with Crippen LogP contribution in [0.1, 0.15) is 35.7 Å². The second kappa shape index (κ2) is 12.5. The molecule has 0 spiro atoms. The highest BCUT2D eigenvalue weighted by Gasteiger charge is 2.17. The first-order valence-corrected chi connectivity index (χ1v) is 9.25. The van der Waals surface area contributed by atoms with E-state index in [1.54, 1.807) is 13.1 Å². The molecule has 1 saturated heterocycles. The van der Waals surface area contributed by atoms with Crippen molar-refractivity contribution in [1.82, 2.24) is 20.9 Å². The van der Waals surface area contributed by atoms with E-state index >= 15 is 0 Å². The van der Waals surface area contributed by atoms with E-state index in [4.69, 9.17) is 0 Å². The van der Waals surface area contributed by atoms with E-state index < -0.39 is 0 Å². The van der Waals surface area contributed by atoms with Crippen LogP contribution in [0, 0.1) is 0 Å². The zero-order chi connectivity index (χ0) is 18.8. The van der Waals surface area contributed by atoms with Crippen LogP contribution in [0.4, 0.5) is 0 Å². The molecule has 0 aromatic heterocycles. The summed E-state index contributed by atoms with van der Waals surface area (Å²) in [7, 11) is 1.62. The minimum Gasteiger partial charge on any atom is -0.357 e. The SMILES string of the molecule is CCNC(=NCC(=O)N1CCCC1)NCCc1cccc(C(=O)NC)c1.I. The van der Waals surface area contributed by atoms with E-state index in [-0.39, 0.29) is 42.3 Å². The number of guanidine groups is 1. The van der Waals surface area contributed by atoms with Crippen LogP contribution in [0.3, 0.4) is 0 Å². The lowest BCUT2D eigenvalue weighted by atomic mass is 10.1. The zero-order valence-electron chi connectivity index (χ0n) is 16.1. The number of likely N-dealkylation sites (tertiary alicyclic amines) is 1. The summed E-state index contributed by atoms with van der Waals surface area (Å²) in [5, 5.41) is 9.03. The van der Waals surface area contributed by atoms with Crippen LogP contribution in [0.5, 0.6) is 0 Å². The molecule has 0 bridgehead atoms. The Bertz CT molecular complexity index is 645. The molecule has 0 atom stereocenters. The molecule has 0 saturated carbocycles. The molecule has 1 heterocycles. The van der Waals surface area contributed by atoms with Crippen molar-refractivity contribution >= 4 is 41.8 Å². The molecule has 1 aromatic carbocycles. The fraction of sp³-hybridized carbons (Fsp3) is 0.526. The molecule has 150 valence electrons. The summed E-state index contributed by atoms with van der Waals surface area (Å²) in [6.45, 7) is 5.25. The van der Waals surface area contributed by atoms with Gasteiger partial charge in [0, 0.05) is 38.8 Å². The van der Waals surface area contributed by atoms with Gasteiger partial charge in [-0.25, -0.2) is 4.99 Å². The highest BCUT2D eigenvalue weighted by Crippen LogP contribution is 2.07. The first-order chi connectivity index (χ1) is 12.6. The number of nitrogens with zero attached hydrogens (tertiary/aromatic N) is 2. The first-order valence-electron chi connectivity index (χ1n) is 9.25. The summed E-state index contributed by atoms with van der Waals surface area (Å²) in [5.41, 5.74) is 1.73. The molecule has 1 aromatic rings. The Morgan fingerprint density at radius 1 is 1.19 bits per heavy atom. The number of aliphatic imine (C=N–C) groups is 1. The summed E-state index contributed by atoms with van der Waals surface area (Å²) < 4.78 is 0. The third-order valence-corrected chi connectivity index (χ3v) is 4.30. The van der Waals surface area contributed by atoms with Crippen LogP contribution >= 0.6 is 24.0 Å². The van der Waals surface area contributed by atoms with Crippen molar-refractivity contribution in [3.8, 4) is 0 Å². The molecular formula is C19H30IN5O2. The standard InChI is InChI=1S/C19H29N5O2.HI/c1-3-21-19(23-14-17(25)24-11-4-5-12-24)22-10-9-15-7-6-8-16(13-15)18(26)20-2;/h6-8,13H,3-5,9-12,14H2,1-2H3,(H,20,26)(H2,21,22,23);1H. The topological polar surface area (TPSA) is 85.8 Å². The van der Waals surface area contributed by atoms with Crippen LogP contribution in [-0.2, 0) is 11.2 Å². The van der Waals surface area contributed by atoms with E-state index in [1.807, 2.05) is 30.0 Å². The molecule has 1 fully saturated rings. The third kappa shape index (κ3) is 7.74. The van der Waals surface area contributed by atoms with Crippen LogP contribution in [0.2, 0.25) is 0 Å². The van der Waals surface area contributed by atoms with Gasteiger partial charge in [0.05, 0.1) is 0 Å². The van der Waals surface area contributed by atoms with Gasteiger partial charge in [0.2, 0.25) is 5.91 Å². The number of rotatable bonds is 7. The fourth-order valence-corrected chi connectivity index (χ4v) is 2.89. The van der Waals surface area contributed by atoms with Crippen molar-refractivity contribution < 1.29 is 9.59 Å². The fourth-order valence-electron chi connectivity index (χ4n) is 2.89. The van der Waals surface area contributed by atoms with E-state index in [9.17, 15) is 9.59 Å². The van der Waals surface area contributed by atoms with E-state index in [1.165, 1.54) is 0 Å². The van der Waals surface area contributed by atoms with E-state index in [0.29, 0.717) is 18.1 Å². The van der Waals surface area contributed by atoms with Crippen molar-refractivity contribution in [1.29, 1.82) is 0 Å². The molecule has 1 aliphatic heterocycles. The van der Waals surface area contributed by atoms with Gasteiger partial charge >= 0.3 is 0 Å². The maximum Gasteiger partial charge on any atom is 0.251 e. The van der Waals surface area contributed by atoms with Gasteiger partial charge in [0.25, 0.3) is 5.91 Å². The number of benzene rings is 1. The Hall–Kier alpha value is -1.84. The smallest absolute Gasteiger partial charge is 0.251 e. The Morgan fingerprint density at radius 3 is 2.59 bits per heavy atom. The van der Waals surface area contributed by atoms with Crippen molar-refractivity contribution in [3.63, 3.8) is 0 Å². The molecule has 8 heteroatoms. The highest BCUT2D eigenvalue weighted by atomic mass is 127. The Kier molecular flexibility index (Phi) is 10.8. The maximum absolute atomic E-state index is 12.1. The van der Waals surface area contributed by atoms with Gasteiger partial charge in [-0.3, -0.25) is 9.59 Å². The number of nitrogens with one attached hydrogen (secondary N) is 3. The Balaban J connectivity index is 0.00000364. The van der Waals surface area contributed by atoms with Gasteiger partial charge in [-0.05, 0) is 43.9 Å². The predicted molar refractivity (Wildman–Crippen MR) is 119 cm³/mol. The van der Waals surface area contributed by atoms with Gasteiger partial charge in [-0.2, -0.15) is 0 Å². The zero-order valence-corrected chi connectivity index (χ0v) is 18.4. The summed E-state index contributed by atoms with van der Waals surface area (Å²) in [6, 6.07) is 7.57. The maximum atomic E-state index is 12.1. The molecular weight excluding hydrogens is 457 g/mol. The minimum atomic E-state index is -0.0878. The van der Waals surface area contributed by atoms with Gasteiger partial charge in [-0.15, -0.1) is 24.0 Å². The van der Waals surface area contributed by atoms with Gasteiger partial charge < -0.3 is 20.9 Å². The molecule has 27 heavy (non-hydrogen) atoms. The van der Waals surface area contributed by atoms with Gasteiger partial charge in [0.1, 0.15) is 6.54 Å². The summed E-state index contributed by atoms with van der Waals surface area (Å²) in [6.07, 6.45) is 2.93. The van der Waals surface area contributed by atoms with E-state index in [0.717, 1.165) is 44.5 Å². The average molecular weight is 487 g/mol. The molecule has 1 aliphatic rings. The molecule has 0 aliphatic carbocycles. The summed E-state index contributed by atoms with van der Waals surface area (Å²) >= 11 is 0. The molecule has 2 amide bonds. The van der Waals surface area contributed by atoms with Crippen molar-refractivity contribution in [2.75, 3.05) is 39.8 Å². The number of amides is 2. The van der Waals surface area contributed by atoms with Crippen LogP contribution in [-0.4, -0.2) is 62.4 Å². The lowest BCUT2D eigenvalue weighted by Gasteiger charge is -2.15. The van der Waals surface area contributed by atoms with E-state index in [2.05, 4.69) is 20.9 Å². The van der Waals surface area contributed by atoms with Crippen LogP contribution in [0.25, 0.3) is 0 Å². The number of hydrogen-bond donors (Lipinski definition) is 3. The third-order valence-electron chi connectivity index (χ3n) is 4.30. The molecule has 7 nitrogen and oxygen atoms in total. The number of halogens is 1. The second-order valence-corrected chi connectivity index (χ2v) is 6.24. The average Bonchev–Trinajstić information content (AvgIpc) is 3.20. The number of carbonyl (C=O) groups is 2. The molecule has 2 rings (SSSR count). The summed E-state index contributed by atoms with van der Waals surface area (Å²) in [4.78, 5) is 30.1. The normalized spacial score (nSPS) is 13.7. The van der Waals surface area contributed by atoms with Gasteiger partial charge in [-0.1, -0.05) is 12.1 Å². The Morgan fingerprint density at radius 2 is 1.93 bits per heavy atom. The number of hydrogen-bond acceptors (Lipinski definition) is 3. The Labute approximate surface area is 178 Å². The quantitative estimate of drug-likeness (QED) is 0.308. The second-order valence-electron chi connectivity index (χ2n) is 6.24. The van der Waals surface area contributed by atoms with Crippen molar-refractivity contribution in [3.05, 3.63) is 35.4 Å². The predicted octanol–water partition coefficient (Wildman–Crippen LogP) is 1.38. The van der Waals surface area contributed by atoms with Crippen LogP contribution in [0.15, 0.2) is 29.3 Å². The molecule has 3 N–H and O–H groups in total. The largest absolute Gasteiger partial charge is 0.357 e.